The molecule has 1 rings (SSSR count). The van der Waals surface area contributed by atoms with Crippen molar-refractivity contribution in [2.75, 3.05) is 28.2 Å². The average molecular weight is 808 g/mol. The Morgan fingerprint density at radius 2 is 1.09 bits per heavy atom. The van der Waals surface area contributed by atoms with E-state index >= 15 is 0 Å². The van der Waals surface area contributed by atoms with Crippen LogP contribution >= 0.6 is 0 Å². The van der Waals surface area contributed by atoms with Gasteiger partial charge in [-0.3, -0.25) is 33.6 Å². The predicted molar refractivity (Wildman–Crippen MR) is 221 cm³/mol. The third-order valence-electron chi connectivity index (χ3n) is 11.5. The highest BCUT2D eigenvalue weighted by atomic mass is 16.3. The Balaban J connectivity index is 4.04. The van der Waals surface area contributed by atoms with Crippen LogP contribution in [0.4, 0.5) is 0 Å². The minimum Gasteiger partial charge on any atom is -0.390 e. The number of nitrogens with zero attached hydrogens (tertiary/aromatic N) is 4. The van der Waals surface area contributed by atoms with Crippen molar-refractivity contribution in [2.45, 2.75) is 176 Å². The molecule has 0 aliphatic carbocycles. The summed E-state index contributed by atoms with van der Waals surface area (Å²) in [6.07, 6.45) is 3.29. The highest BCUT2D eigenvalue weighted by Crippen LogP contribution is 2.21. The number of nitrogens with one attached hydrogen (secondary N) is 3. The van der Waals surface area contributed by atoms with Crippen LogP contribution in [0.1, 0.15) is 128 Å². The van der Waals surface area contributed by atoms with Crippen molar-refractivity contribution in [3.05, 3.63) is 0 Å². The standard InChI is InChI=1S/C42H77N7O8/c1-16-18-19-20-21-31-41(56)46(12)28(10)36(51)45-34(35(50)26(7)8)38(53)44-33(27(9)17-2)42(57)47(13)29(11)39(54)49(15)32(23-25(5)6)37(52)43-30(22-24(3)4)40(55)48(31)14/h24-35,50H,16-23H2,1-15H3,(H,43,52)(H,44,53)(H,45,51)/t27-,28+,29-,30-,31-,32-,33+,34+,35+/m0/s1. The van der Waals surface area contributed by atoms with Gasteiger partial charge in [0.15, 0.2) is 0 Å². The molecule has 0 unspecified atom stereocenters. The van der Waals surface area contributed by atoms with E-state index < -0.39 is 102 Å². The fraction of sp³-hybridized carbons (Fsp3) is 0.833. The number of aliphatic hydroxyl groups is 1. The third kappa shape index (κ3) is 14.2. The fourth-order valence-electron chi connectivity index (χ4n) is 7.01. The molecule has 0 spiro atoms. The van der Waals surface area contributed by atoms with Crippen molar-refractivity contribution >= 4 is 41.4 Å². The van der Waals surface area contributed by atoms with Gasteiger partial charge in [-0.15, -0.1) is 0 Å². The van der Waals surface area contributed by atoms with Crippen molar-refractivity contribution in [3.63, 3.8) is 0 Å². The molecule has 0 bridgehead atoms. The Bertz CT molecular complexity index is 1370. The van der Waals surface area contributed by atoms with Gasteiger partial charge < -0.3 is 40.7 Å². The highest BCUT2D eigenvalue weighted by Gasteiger charge is 2.42. The van der Waals surface area contributed by atoms with Gasteiger partial charge in [0.1, 0.15) is 42.3 Å². The second-order valence-electron chi connectivity index (χ2n) is 17.4. The Morgan fingerprint density at radius 3 is 1.60 bits per heavy atom. The summed E-state index contributed by atoms with van der Waals surface area (Å²) >= 11 is 0. The summed E-state index contributed by atoms with van der Waals surface area (Å²) in [5.74, 6) is -5.09. The minimum absolute atomic E-state index is 0.0276. The molecule has 0 radical (unpaired) electrons. The Hall–Kier alpha value is -3.75. The number of carbonyl (C=O) groups is 7. The van der Waals surface area contributed by atoms with E-state index in [4.69, 9.17) is 0 Å². The summed E-state index contributed by atoms with van der Waals surface area (Å²) in [5.41, 5.74) is 0. The number of unbranched alkanes of at least 4 members (excludes halogenated alkanes) is 3. The molecule has 1 saturated heterocycles. The second kappa shape index (κ2) is 23.6. The molecule has 4 N–H and O–H groups in total. The fourth-order valence-corrected chi connectivity index (χ4v) is 7.01. The van der Waals surface area contributed by atoms with Crippen molar-refractivity contribution < 1.29 is 38.7 Å². The number of amides is 7. The number of aliphatic hydroxyl groups excluding tert-OH is 1. The SMILES string of the molecule is CCCCCC[C@H]1C(=O)N(C)[C@H](C)C(=O)N[C@H]([C@H](O)C(C)C)C(=O)N[C@H]([C@@H](C)CC)C(=O)N(C)[C@@H](C)C(=O)N(C)[C@@H](CC(C)C)C(=O)N[C@@H](CC(C)C)C(=O)N1C. The summed E-state index contributed by atoms with van der Waals surface area (Å²) in [5, 5.41) is 19.6. The van der Waals surface area contributed by atoms with Crippen LogP contribution in [0.3, 0.4) is 0 Å². The first kappa shape index (κ1) is 51.3. The third-order valence-corrected chi connectivity index (χ3v) is 11.5. The second-order valence-corrected chi connectivity index (χ2v) is 17.4. The van der Waals surface area contributed by atoms with Crippen LogP contribution in [0.15, 0.2) is 0 Å². The molecule has 1 aliphatic rings. The molecule has 1 fully saturated rings. The summed E-state index contributed by atoms with van der Waals surface area (Å²) in [4.78, 5) is 104. The molecule has 0 aromatic heterocycles. The first-order chi connectivity index (χ1) is 26.4. The van der Waals surface area contributed by atoms with E-state index in [1.165, 1.54) is 54.7 Å². The van der Waals surface area contributed by atoms with Gasteiger partial charge in [-0.05, 0) is 56.8 Å². The van der Waals surface area contributed by atoms with E-state index in [-0.39, 0.29) is 24.7 Å². The number of carbonyl (C=O) groups excluding carboxylic acids is 7. The van der Waals surface area contributed by atoms with Gasteiger partial charge in [0.25, 0.3) is 0 Å². The molecular formula is C42H77N7O8. The normalized spacial score (nSPS) is 27.1. The van der Waals surface area contributed by atoms with Crippen molar-refractivity contribution in [3.8, 4) is 0 Å². The number of likely N-dealkylation sites (N-methyl/N-ethyl adjacent to an activating group) is 4. The number of rotatable bonds is 13. The molecular weight excluding hydrogens is 731 g/mol. The smallest absolute Gasteiger partial charge is 0.245 e. The maximum atomic E-state index is 14.4. The quantitative estimate of drug-likeness (QED) is 0.205. The minimum atomic E-state index is -1.49. The van der Waals surface area contributed by atoms with Crippen LogP contribution in [0.5, 0.6) is 0 Å². The molecule has 57 heavy (non-hydrogen) atoms. The lowest BCUT2D eigenvalue weighted by molar-refractivity contribution is -0.150. The van der Waals surface area contributed by atoms with Crippen LogP contribution in [0, 0.1) is 23.7 Å². The monoisotopic (exact) mass is 808 g/mol. The van der Waals surface area contributed by atoms with E-state index in [1.54, 1.807) is 27.7 Å². The van der Waals surface area contributed by atoms with Crippen LogP contribution in [-0.4, -0.2) is 143 Å². The lowest BCUT2D eigenvalue weighted by Crippen LogP contribution is -2.63. The highest BCUT2D eigenvalue weighted by molar-refractivity contribution is 5.98. The van der Waals surface area contributed by atoms with E-state index in [1.807, 2.05) is 34.6 Å². The largest absolute Gasteiger partial charge is 0.390 e. The maximum Gasteiger partial charge on any atom is 0.245 e. The maximum absolute atomic E-state index is 14.4. The average Bonchev–Trinajstić information content (AvgIpc) is 3.16. The molecule has 0 aromatic carbocycles. The number of hydrogen-bond donors (Lipinski definition) is 4. The predicted octanol–water partition coefficient (Wildman–Crippen LogP) is 2.93. The molecule has 1 aliphatic heterocycles. The van der Waals surface area contributed by atoms with Crippen LogP contribution in [0.2, 0.25) is 0 Å². The van der Waals surface area contributed by atoms with E-state index in [2.05, 4.69) is 22.9 Å². The summed E-state index contributed by atoms with van der Waals surface area (Å²) in [7, 11) is 5.94. The van der Waals surface area contributed by atoms with E-state index in [0.29, 0.717) is 19.3 Å². The van der Waals surface area contributed by atoms with Gasteiger partial charge in [0.2, 0.25) is 41.4 Å². The molecule has 0 aromatic rings. The molecule has 15 heteroatoms. The Labute approximate surface area is 342 Å². The van der Waals surface area contributed by atoms with Crippen LogP contribution in [-0.2, 0) is 33.6 Å². The number of hydrogen-bond acceptors (Lipinski definition) is 8. The molecule has 1 heterocycles. The Morgan fingerprint density at radius 1 is 0.561 bits per heavy atom. The van der Waals surface area contributed by atoms with Gasteiger partial charge in [0.05, 0.1) is 6.10 Å². The van der Waals surface area contributed by atoms with Crippen molar-refractivity contribution in [2.24, 2.45) is 23.7 Å². The van der Waals surface area contributed by atoms with Gasteiger partial charge in [0, 0.05) is 28.2 Å². The van der Waals surface area contributed by atoms with E-state index in [9.17, 15) is 38.7 Å². The van der Waals surface area contributed by atoms with Gasteiger partial charge >= 0.3 is 0 Å². The molecule has 328 valence electrons. The molecule has 0 saturated carbocycles. The molecule has 15 nitrogen and oxygen atoms in total. The van der Waals surface area contributed by atoms with E-state index in [0.717, 1.165) is 19.3 Å². The van der Waals surface area contributed by atoms with Gasteiger partial charge in [-0.1, -0.05) is 94.4 Å². The molecule has 9 atom stereocenters. The lowest BCUT2D eigenvalue weighted by atomic mass is 9.94. The first-order valence-electron chi connectivity index (χ1n) is 21.1. The molecule has 7 amide bonds. The zero-order chi connectivity index (χ0) is 44.1. The zero-order valence-electron chi connectivity index (χ0n) is 37.7. The Kier molecular flexibility index (Phi) is 21.2. The lowest BCUT2D eigenvalue weighted by Gasteiger charge is -2.37. The summed E-state index contributed by atoms with van der Waals surface area (Å²) < 4.78 is 0. The van der Waals surface area contributed by atoms with Gasteiger partial charge in [-0.2, -0.15) is 0 Å². The van der Waals surface area contributed by atoms with Crippen molar-refractivity contribution in [1.82, 2.24) is 35.6 Å². The van der Waals surface area contributed by atoms with Gasteiger partial charge in [-0.25, -0.2) is 0 Å². The summed E-state index contributed by atoms with van der Waals surface area (Å²) in [6, 6.07) is -7.83. The summed E-state index contributed by atoms with van der Waals surface area (Å²) in [6.45, 7) is 19.8. The van der Waals surface area contributed by atoms with Crippen LogP contribution in [0.25, 0.3) is 0 Å². The zero-order valence-corrected chi connectivity index (χ0v) is 37.7. The van der Waals surface area contributed by atoms with Crippen LogP contribution < -0.4 is 16.0 Å². The van der Waals surface area contributed by atoms with Crippen molar-refractivity contribution in [1.29, 1.82) is 0 Å². The first-order valence-corrected chi connectivity index (χ1v) is 21.1. The topological polar surface area (TPSA) is 189 Å².